The van der Waals surface area contributed by atoms with Gasteiger partial charge >= 0.3 is 46.0 Å². The van der Waals surface area contributed by atoms with E-state index in [0.717, 1.165) is 160 Å². The Hall–Kier alpha value is -7.88. The van der Waals surface area contributed by atoms with Crippen molar-refractivity contribution in [2.75, 3.05) is 33.3 Å². The number of Topliss-reactive ketones (excluding diaryl/α,β-unsaturated/α-hetero) is 3. The molecule has 3 unspecified atom stereocenters. The molecule has 4 fully saturated rings. The van der Waals surface area contributed by atoms with Gasteiger partial charge in [-0.15, -0.1) is 12.4 Å². The number of nitrogens with one attached hydrogen (secondary N) is 3. The normalized spacial score (nSPS) is 18.8. The van der Waals surface area contributed by atoms with E-state index in [2.05, 4.69) is 235 Å². The second kappa shape index (κ2) is 46.9. The molecule has 8 heterocycles. The van der Waals surface area contributed by atoms with Gasteiger partial charge < -0.3 is 63.9 Å². The van der Waals surface area contributed by atoms with Gasteiger partial charge in [-0.3, -0.25) is 19.2 Å². The van der Waals surface area contributed by atoms with Gasteiger partial charge in [0.2, 0.25) is 0 Å². The quantitative estimate of drug-likeness (QED) is 0.0130. The summed E-state index contributed by atoms with van der Waals surface area (Å²) in [7, 11) is -4.08. The van der Waals surface area contributed by atoms with Gasteiger partial charge in [-0.1, -0.05) is 220 Å². The van der Waals surface area contributed by atoms with Crippen LogP contribution in [0.3, 0.4) is 0 Å². The third kappa shape index (κ3) is 23.0. The van der Waals surface area contributed by atoms with E-state index in [4.69, 9.17) is 4.74 Å². The number of halogens is 2. The Labute approximate surface area is 805 Å². The van der Waals surface area contributed by atoms with Crippen LogP contribution in [0.2, 0.25) is 53.7 Å². The Bertz CT molecular complexity index is 5570. The molecule has 0 radical (unpaired) electrons. The molecule has 8 aromatic carbocycles. The number of nitrogens with zero attached hydrogens (tertiary/aromatic N) is 5. The zero-order chi connectivity index (χ0) is 92.6. The van der Waals surface area contributed by atoms with Gasteiger partial charge in [0.25, 0.3) is 0 Å². The summed E-state index contributed by atoms with van der Waals surface area (Å²) >= 11 is 3.58. The van der Waals surface area contributed by atoms with Crippen LogP contribution in [0.15, 0.2) is 248 Å². The molecule has 6 N–H and O–H groups in total. The average Bonchev–Trinajstić information content (AvgIpc) is 1.52. The fourth-order valence-corrected chi connectivity index (χ4v) is 36.6. The molecule has 686 valence electrons. The summed E-state index contributed by atoms with van der Waals surface area (Å²) in [6.07, 6.45) is 17.9. The summed E-state index contributed by atoms with van der Waals surface area (Å²) in [5, 5.41) is 39.1. The van der Waals surface area contributed by atoms with Gasteiger partial charge in [-0.05, 0) is 293 Å². The zero-order valence-electron chi connectivity index (χ0n) is 81.0. The Morgan fingerprint density at radius 3 is 1.10 bits per heavy atom. The molecule has 4 atom stereocenters. The molecule has 16 rings (SSSR count). The average molecular weight is 1870 g/mol. The van der Waals surface area contributed by atoms with Crippen LogP contribution in [0.1, 0.15) is 209 Å². The molecule has 12 aromatic rings. The van der Waals surface area contributed by atoms with E-state index in [1.807, 2.05) is 166 Å². The summed E-state index contributed by atoms with van der Waals surface area (Å²) < 4.78 is 11.4. The number of rotatable bonds is 26. The van der Waals surface area contributed by atoms with Crippen molar-refractivity contribution in [3.63, 3.8) is 0 Å². The Balaban J connectivity index is 0.000000184. The molecule has 4 aromatic heterocycles. The molecular formula is C106H142B3BrClLiN8O8Si2. The minimum absolute atomic E-state index is 0. The summed E-state index contributed by atoms with van der Waals surface area (Å²) in [5.41, 5.74) is 12.9. The van der Waals surface area contributed by atoms with Crippen LogP contribution in [0.5, 0.6) is 0 Å². The van der Waals surface area contributed by atoms with Gasteiger partial charge in [0.05, 0.1) is 23.7 Å². The number of ketones is 3. The maximum atomic E-state index is 14.3. The Morgan fingerprint density at radius 1 is 0.423 bits per heavy atom. The van der Waals surface area contributed by atoms with Gasteiger partial charge in [-0.2, -0.15) is 20.8 Å². The molecular weight excluding hydrogens is 1720 g/mol. The van der Waals surface area contributed by atoms with Crippen LogP contribution in [0.4, 0.5) is 0 Å². The second-order valence-electron chi connectivity index (χ2n) is 38.7. The van der Waals surface area contributed by atoms with E-state index in [1.165, 1.54) is 35.0 Å². The zero-order valence-corrected chi connectivity index (χ0v) is 85.4. The van der Waals surface area contributed by atoms with Crippen molar-refractivity contribution in [2.45, 2.75) is 257 Å². The first kappa shape index (κ1) is 106. The number of ether oxygens (including phenoxy) is 1. The standard InChI is InChI=1S/C30H43BN2O2Si.C21H23BN2O2.C20H20N2O.C17H26BrNSi.C14H20BNO3.C4H9.ClH.Li/c1-22(2)36(23(3)4,24(5)6)32-19-16-26-20-27(14-15-28(26)32)29(34)30(17-11-18-33(30)31(7)35)21-25-12-9-8-10-13-25;1-22(26)24-13-5-11-21(24,15-16-6-3-2-4-7-16)20(25)18-8-9-19-17(14-18)10-12-23-19;23-19(17-7-8-18-16(13-17)9-12-21-18)20(10-4-11-22-20)14-15-5-2-1-3-6-15;1-12(2)20(13(3)4,14(5)6)19-10-9-15-11-16(18)7-8-17(15)19;1-15(18)16-10-6-9-14(16,13(17)19-2)11-12-7-4-3-5-8-12;1-4(2)3;;/h8-10,12-16,19-20,22-24,35H,11,17-18,21H2,1-7H3;2-4,6-10,12,14,23,26H,5,11,13,15H2,1H3;1-3,5-9,12-13,21-22H,4,10-11,14H2;7-14H,1-6H3;3-5,7-8,18H,6,9-11H2,1-2H3;1-3H3;1H;/q;;;;;-1;;+1/t;;;;14-;;;/m....1.../s1. The smallest absolute Gasteiger partial charge is 0.468 e. The molecule has 4 saturated heterocycles. The summed E-state index contributed by atoms with van der Waals surface area (Å²) in [4.78, 5) is 65.7. The summed E-state index contributed by atoms with van der Waals surface area (Å²) in [6, 6.07) is 73.7. The van der Waals surface area contributed by atoms with Crippen molar-refractivity contribution in [1.29, 1.82) is 0 Å². The second-order valence-corrected chi connectivity index (χ2v) is 51.1. The van der Waals surface area contributed by atoms with Crippen LogP contribution < -0.4 is 24.2 Å². The van der Waals surface area contributed by atoms with E-state index < -0.39 is 59.8 Å². The summed E-state index contributed by atoms with van der Waals surface area (Å²) in [6.45, 7) is 43.4. The first-order valence-electron chi connectivity index (χ1n) is 46.8. The molecule has 0 aliphatic carbocycles. The van der Waals surface area contributed by atoms with Crippen LogP contribution in [0.25, 0.3) is 43.6 Å². The van der Waals surface area contributed by atoms with Gasteiger partial charge in [0, 0.05) is 72.8 Å². The van der Waals surface area contributed by atoms with E-state index in [9.17, 15) is 34.3 Å². The van der Waals surface area contributed by atoms with Crippen LogP contribution in [-0.2, 0) is 35.2 Å². The minimum atomic E-state index is -1.89. The SMILES string of the molecule is CB(O)N1CCCC1(Cc1ccccc1)C(=O)c1ccc2[nH]ccc2c1.CB(O)N1CCCC1(Cc1ccccc1)C(=O)c1ccc2c(ccn2[Si](C(C)C)(C(C)C)C(C)C)c1.CC(C)[Si](C(C)C)(C(C)C)n1ccc2cc(Br)ccc21.COC(=O)[C@]1(Cc2ccccc2)CCCN1B(C)O.C[C-](C)C.Cl.O=C(c1ccc2[nH]ccc2c1)C1(Cc2ccccc2)CCCN1.[Li+]. The molecule has 24 heteroatoms. The molecule has 0 bridgehead atoms. The monoisotopic (exact) mass is 1860 g/mol. The van der Waals surface area contributed by atoms with Crippen molar-refractivity contribution in [1.82, 2.24) is 38.2 Å². The Kier molecular flexibility index (Phi) is 38.1. The van der Waals surface area contributed by atoms with E-state index in [-0.39, 0.29) is 54.6 Å². The predicted molar refractivity (Wildman–Crippen MR) is 552 cm³/mol. The number of hydrogen-bond acceptors (Lipinski definition) is 12. The number of benzene rings is 8. The van der Waals surface area contributed by atoms with Crippen molar-refractivity contribution < 1.29 is 57.8 Å². The number of H-pyrrole nitrogens is 2. The first-order chi connectivity index (χ1) is 61.1. The van der Waals surface area contributed by atoms with E-state index in [1.54, 1.807) is 20.5 Å². The molecule has 0 amide bonds. The van der Waals surface area contributed by atoms with Gasteiger partial charge in [0.15, 0.2) is 33.8 Å². The van der Waals surface area contributed by atoms with Crippen LogP contribution >= 0.6 is 28.3 Å². The Morgan fingerprint density at radius 2 is 0.746 bits per heavy atom. The number of hydrogen-bond donors (Lipinski definition) is 6. The minimum Gasteiger partial charge on any atom is -0.468 e. The fourth-order valence-electron chi connectivity index (χ4n) is 23.0. The molecule has 16 nitrogen and oxygen atoms in total. The van der Waals surface area contributed by atoms with Crippen molar-refractivity contribution in [3.05, 3.63) is 293 Å². The van der Waals surface area contributed by atoms with Crippen molar-refractivity contribution >= 4 is 133 Å². The van der Waals surface area contributed by atoms with Crippen molar-refractivity contribution in [2.24, 2.45) is 0 Å². The number of carbonyl (C=O) groups excluding carboxylic acids is 4. The maximum Gasteiger partial charge on any atom is 1.00 e. The van der Waals surface area contributed by atoms with Crippen LogP contribution in [-0.4, -0.2) is 164 Å². The summed E-state index contributed by atoms with van der Waals surface area (Å²) in [5.74, 6) is 1.60. The predicted octanol–water partition coefficient (Wildman–Crippen LogP) is 21.1. The number of esters is 1. The number of aromatic amines is 2. The maximum absolute atomic E-state index is 14.3. The van der Waals surface area contributed by atoms with Gasteiger partial charge in [-0.25, -0.2) is 0 Å². The van der Waals surface area contributed by atoms with E-state index in [0.29, 0.717) is 41.4 Å². The topological polar surface area (TPSA) is 201 Å². The third-order valence-corrected chi connectivity index (χ3v) is 42.1. The number of carbonyl (C=O) groups is 4. The molecule has 4 aliphatic rings. The van der Waals surface area contributed by atoms with Crippen molar-refractivity contribution in [3.8, 4) is 0 Å². The third-order valence-electron chi connectivity index (χ3n) is 28.0. The van der Waals surface area contributed by atoms with Crippen LogP contribution in [0, 0.1) is 5.92 Å². The fraction of sp³-hybridized carbons (Fsp3) is 0.425. The van der Waals surface area contributed by atoms with Gasteiger partial charge in [0.1, 0.15) is 5.54 Å². The largest absolute Gasteiger partial charge is 1.00 e. The van der Waals surface area contributed by atoms with E-state index >= 15 is 0 Å². The first-order valence-corrected chi connectivity index (χ1v) is 52.0. The molecule has 130 heavy (non-hydrogen) atoms. The molecule has 0 saturated carbocycles. The number of aromatic nitrogens is 4. The number of methoxy groups -OCH3 is 1. The molecule has 0 spiro atoms. The molecule has 4 aliphatic heterocycles. The number of fused-ring (bicyclic) bond motifs is 4.